The lowest BCUT2D eigenvalue weighted by Gasteiger charge is -2.48. The Balaban J connectivity index is 1.57. The van der Waals surface area contributed by atoms with Crippen LogP contribution >= 0.6 is 0 Å². The van der Waals surface area contributed by atoms with E-state index in [-0.39, 0.29) is 5.41 Å². The fraction of sp³-hybridized carbons (Fsp3) is 0.500. The molecular weight excluding hydrogens is 410 g/mol. The highest BCUT2D eigenvalue weighted by Crippen LogP contribution is 2.47. The normalized spacial score (nSPS) is 18.5. The Labute approximate surface area is 197 Å². The zero-order chi connectivity index (χ0) is 23.0. The molecule has 2 aromatic carbocycles. The Hall–Kier alpha value is -2.50. The van der Waals surface area contributed by atoms with E-state index in [0.717, 1.165) is 31.1 Å². The van der Waals surface area contributed by atoms with Crippen molar-refractivity contribution in [1.29, 1.82) is 0 Å². The van der Waals surface area contributed by atoms with Gasteiger partial charge in [0.1, 0.15) is 11.5 Å². The number of nitrogens with zero attached hydrogens (tertiary/aromatic N) is 3. The van der Waals surface area contributed by atoms with Crippen LogP contribution in [-0.4, -0.2) is 54.8 Å². The first-order valence-electron chi connectivity index (χ1n) is 12.3. The number of benzene rings is 2. The van der Waals surface area contributed by atoms with Gasteiger partial charge in [0.25, 0.3) is 0 Å². The topological polar surface area (TPSA) is 29.9 Å². The number of fused-ring (bicyclic) bond motifs is 4. The minimum Gasteiger partial charge on any atom is -0.497 e. The SMILES string of the molecule is CCCN1CCC2(CC1)CN(Cc1ccccc1OC)Cc1c2c2ccc(OC)cc2n1C. The molecule has 1 spiro atoms. The monoisotopic (exact) mass is 447 g/mol. The molecular formula is C28H37N3O2. The Bertz CT molecular complexity index is 1130. The van der Waals surface area contributed by atoms with Crippen LogP contribution in [0.4, 0.5) is 0 Å². The van der Waals surface area contributed by atoms with Gasteiger partial charge in [-0.1, -0.05) is 25.1 Å². The lowest BCUT2D eigenvalue weighted by atomic mass is 9.69. The molecule has 33 heavy (non-hydrogen) atoms. The van der Waals surface area contributed by atoms with Crippen LogP contribution in [0.3, 0.4) is 0 Å². The number of aromatic nitrogens is 1. The maximum absolute atomic E-state index is 5.68. The van der Waals surface area contributed by atoms with E-state index in [1.165, 1.54) is 61.1 Å². The van der Waals surface area contributed by atoms with E-state index in [4.69, 9.17) is 9.47 Å². The van der Waals surface area contributed by atoms with Gasteiger partial charge in [-0.05, 0) is 62.7 Å². The summed E-state index contributed by atoms with van der Waals surface area (Å²) in [6.45, 7) is 8.83. The number of hydrogen-bond donors (Lipinski definition) is 0. The van der Waals surface area contributed by atoms with E-state index in [1.807, 2.05) is 0 Å². The van der Waals surface area contributed by atoms with Gasteiger partial charge < -0.3 is 18.9 Å². The number of likely N-dealkylation sites (tertiary alicyclic amines) is 1. The molecule has 3 aromatic rings. The summed E-state index contributed by atoms with van der Waals surface area (Å²) in [5.74, 6) is 1.91. The van der Waals surface area contributed by atoms with Crippen molar-refractivity contribution in [3.05, 3.63) is 59.3 Å². The molecule has 0 saturated carbocycles. The minimum absolute atomic E-state index is 0.188. The minimum atomic E-state index is 0.188. The van der Waals surface area contributed by atoms with Crippen molar-refractivity contribution in [3.8, 4) is 11.5 Å². The molecule has 3 heterocycles. The highest BCUT2D eigenvalue weighted by molar-refractivity contribution is 5.88. The molecule has 1 fully saturated rings. The lowest BCUT2D eigenvalue weighted by Crippen LogP contribution is -2.51. The molecule has 0 aliphatic carbocycles. The maximum Gasteiger partial charge on any atom is 0.123 e. The van der Waals surface area contributed by atoms with E-state index in [9.17, 15) is 0 Å². The van der Waals surface area contributed by atoms with E-state index < -0.39 is 0 Å². The van der Waals surface area contributed by atoms with Gasteiger partial charge in [0.2, 0.25) is 0 Å². The molecule has 1 aromatic heterocycles. The molecule has 0 atom stereocenters. The number of para-hydroxylation sites is 1. The molecule has 0 amide bonds. The highest BCUT2D eigenvalue weighted by atomic mass is 16.5. The first-order chi connectivity index (χ1) is 16.1. The van der Waals surface area contributed by atoms with Gasteiger partial charge in [-0.3, -0.25) is 4.90 Å². The summed E-state index contributed by atoms with van der Waals surface area (Å²) in [5.41, 5.74) is 5.79. The molecule has 5 rings (SSSR count). The summed E-state index contributed by atoms with van der Waals surface area (Å²) >= 11 is 0. The quantitative estimate of drug-likeness (QED) is 0.535. The molecule has 2 aliphatic heterocycles. The van der Waals surface area contributed by atoms with Crippen molar-refractivity contribution >= 4 is 10.9 Å². The van der Waals surface area contributed by atoms with Crippen molar-refractivity contribution in [2.45, 2.75) is 44.7 Å². The Morgan fingerprint density at radius 2 is 1.76 bits per heavy atom. The summed E-state index contributed by atoms with van der Waals surface area (Å²) in [6, 6.07) is 15.1. The number of rotatable bonds is 6. The Kier molecular flexibility index (Phi) is 6.11. The number of ether oxygens (including phenoxy) is 2. The fourth-order valence-electron chi connectivity index (χ4n) is 6.26. The van der Waals surface area contributed by atoms with Gasteiger partial charge in [-0.15, -0.1) is 0 Å². The summed E-state index contributed by atoms with van der Waals surface area (Å²) in [6.07, 6.45) is 3.66. The van der Waals surface area contributed by atoms with E-state index in [2.05, 4.69) is 70.8 Å². The van der Waals surface area contributed by atoms with Crippen LogP contribution in [0.1, 0.15) is 43.0 Å². The summed E-state index contributed by atoms with van der Waals surface area (Å²) in [4.78, 5) is 5.30. The van der Waals surface area contributed by atoms with Crippen molar-refractivity contribution < 1.29 is 9.47 Å². The molecule has 0 unspecified atom stereocenters. The predicted molar refractivity (Wildman–Crippen MR) is 134 cm³/mol. The van der Waals surface area contributed by atoms with E-state index >= 15 is 0 Å². The van der Waals surface area contributed by atoms with Gasteiger partial charge in [0.05, 0.1) is 19.7 Å². The summed E-state index contributed by atoms with van der Waals surface area (Å²) in [5, 5.41) is 1.41. The van der Waals surface area contributed by atoms with Crippen molar-refractivity contribution in [2.24, 2.45) is 7.05 Å². The second kappa shape index (κ2) is 9.03. The summed E-state index contributed by atoms with van der Waals surface area (Å²) < 4.78 is 13.7. The first kappa shape index (κ1) is 22.3. The van der Waals surface area contributed by atoms with Gasteiger partial charge in [0.15, 0.2) is 0 Å². The van der Waals surface area contributed by atoms with Gasteiger partial charge in [0, 0.05) is 54.8 Å². The fourth-order valence-corrected chi connectivity index (χ4v) is 6.26. The summed E-state index contributed by atoms with van der Waals surface area (Å²) in [7, 11) is 5.76. The van der Waals surface area contributed by atoms with Crippen LogP contribution in [0.5, 0.6) is 11.5 Å². The van der Waals surface area contributed by atoms with Crippen molar-refractivity contribution in [3.63, 3.8) is 0 Å². The second-order valence-electron chi connectivity index (χ2n) is 9.84. The number of methoxy groups -OCH3 is 2. The van der Waals surface area contributed by atoms with E-state index in [0.29, 0.717) is 0 Å². The third-order valence-corrected chi connectivity index (χ3v) is 7.90. The van der Waals surface area contributed by atoms with Crippen LogP contribution < -0.4 is 9.47 Å². The number of hydrogen-bond acceptors (Lipinski definition) is 4. The van der Waals surface area contributed by atoms with Crippen LogP contribution in [0.15, 0.2) is 42.5 Å². The molecule has 0 bridgehead atoms. The number of aryl methyl sites for hydroxylation is 1. The Morgan fingerprint density at radius 3 is 2.48 bits per heavy atom. The smallest absolute Gasteiger partial charge is 0.123 e. The average molecular weight is 448 g/mol. The molecule has 5 heteroatoms. The maximum atomic E-state index is 5.68. The van der Waals surface area contributed by atoms with E-state index in [1.54, 1.807) is 19.8 Å². The Morgan fingerprint density at radius 1 is 0.970 bits per heavy atom. The zero-order valence-corrected chi connectivity index (χ0v) is 20.6. The third kappa shape index (κ3) is 3.91. The van der Waals surface area contributed by atoms with Gasteiger partial charge in [-0.25, -0.2) is 0 Å². The molecule has 0 radical (unpaired) electrons. The second-order valence-corrected chi connectivity index (χ2v) is 9.84. The molecule has 1 saturated heterocycles. The number of piperidine rings is 1. The van der Waals surface area contributed by atoms with Gasteiger partial charge in [-0.2, -0.15) is 0 Å². The van der Waals surface area contributed by atoms with Crippen LogP contribution in [-0.2, 0) is 25.6 Å². The van der Waals surface area contributed by atoms with Crippen LogP contribution in [0.2, 0.25) is 0 Å². The van der Waals surface area contributed by atoms with Crippen molar-refractivity contribution in [2.75, 3.05) is 40.4 Å². The molecule has 176 valence electrons. The lowest BCUT2D eigenvalue weighted by molar-refractivity contribution is 0.0929. The third-order valence-electron chi connectivity index (χ3n) is 7.90. The van der Waals surface area contributed by atoms with Crippen LogP contribution in [0, 0.1) is 0 Å². The zero-order valence-electron chi connectivity index (χ0n) is 20.6. The van der Waals surface area contributed by atoms with Crippen LogP contribution in [0.25, 0.3) is 10.9 Å². The highest BCUT2D eigenvalue weighted by Gasteiger charge is 2.44. The molecule has 2 aliphatic rings. The standard InChI is InChI=1S/C28H37N3O2/c1-5-14-30-15-12-28(13-16-30)20-31(18-21-8-6-7-9-26(21)33-4)19-25-27(28)23-11-10-22(32-3)17-24(23)29(25)2/h6-11,17H,5,12-16,18-20H2,1-4H3. The van der Waals surface area contributed by atoms with Gasteiger partial charge >= 0.3 is 0 Å². The van der Waals surface area contributed by atoms with Crippen molar-refractivity contribution in [1.82, 2.24) is 14.4 Å². The average Bonchev–Trinajstić information content (AvgIpc) is 3.13. The largest absolute Gasteiger partial charge is 0.497 e. The molecule has 0 N–H and O–H groups in total. The first-order valence-corrected chi connectivity index (χ1v) is 12.3. The predicted octanol–water partition coefficient (Wildman–Crippen LogP) is 4.95. The molecule has 5 nitrogen and oxygen atoms in total.